The van der Waals surface area contributed by atoms with Crippen LogP contribution in [0.4, 0.5) is 0 Å². The van der Waals surface area contributed by atoms with Gasteiger partial charge in [-0.15, -0.1) is 0 Å². The molecule has 1 N–H and O–H groups in total. The number of hydrogen-bond donors (Lipinski definition) is 1. The lowest BCUT2D eigenvalue weighted by molar-refractivity contribution is 0.259. The largest absolute Gasteiger partial charge is 0.481 e. The third-order valence-electron chi connectivity index (χ3n) is 5.97. The summed E-state index contributed by atoms with van der Waals surface area (Å²) in [4.78, 5) is 14.0. The van der Waals surface area contributed by atoms with Crippen molar-refractivity contribution in [3.8, 4) is 5.88 Å². The first-order chi connectivity index (χ1) is 14.2. The third-order valence-corrected chi connectivity index (χ3v) is 5.97. The number of nitrogens with one attached hydrogen (secondary N) is 1. The Morgan fingerprint density at radius 1 is 1.21 bits per heavy atom. The van der Waals surface area contributed by atoms with Crippen LogP contribution in [0.3, 0.4) is 0 Å². The van der Waals surface area contributed by atoms with Gasteiger partial charge < -0.3 is 15.0 Å². The molecule has 1 saturated carbocycles. The minimum atomic E-state index is 0.507. The second-order valence-corrected chi connectivity index (χ2v) is 7.99. The zero-order valence-corrected chi connectivity index (χ0v) is 17.1. The van der Waals surface area contributed by atoms with E-state index in [1.54, 1.807) is 7.11 Å². The highest BCUT2D eigenvalue weighted by Crippen LogP contribution is 2.37. The van der Waals surface area contributed by atoms with Crippen LogP contribution >= 0.6 is 0 Å². The molecule has 1 aromatic rings. The molecule has 0 radical (unpaired) electrons. The fourth-order valence-electron chi connectivity index (χ4n) is 4.16. The van der Waals surface area contributed by atoms with Crippen molar-refractivity contribution in [3.05, 3.63) is 65.3 Å². The van der Waals surface area contributed by atoms with E-state index in [9.17, 15) is 0 Å². The van der Waals surface area contributed by atoms with Gasteiger partial charge in [-0.2, -0.15) is 0 Å². The summed E-state index contributed by atoms with van der Waals surface area (Å²) in [5, 5.41) is 3.52. The molecule has 1 atom stereocenters. The predicted molar refractivity (Wildman–Crippen MR) is 115 cm³/mol. The number of hydrogen-bond acceptors (Lipinski definition) is 6. The zero-order valence-electron chi connectivity index (χ0n) is 17.1. The van der Waals surface area contributed by atoms with Crippen LogP contribution in [0.15, 0.2) is 64.7 Å². The Balaban J connectivity index is 1.49. The van der Waals surface area contributed by atoms with E-state index in [1.807, 2.05) is 18.3 Å². The maximum atomic E-state index is 5.19. The molecule has 0 bridgehead atoms. The number of methoxy groups -OCH3 is 1. The molecule has 150 valence electrons. The van der Waals surface area contributed by atoms with Crippen LogP contribution in [-0.4, -0.2) is 53.4 Å². The number of piperazine rings is 1. The predicted octanol–water partition coefficient (Wildman–Crippen LogP) is 3.29. The number of rotatable bonds is 3. The molecular formula is C23H27N5O. The number of pyridine rings is 1. The molecule has 0 aromatic carbocycles. The Bertz CT molecular complexity index is 948. The molecule has 1 aliphatic carbocycles. The molecule has 0 spiro atoms. The number of amidine groups is 1. The van der Waals surface area contributed by atoms with Gasteiger partial charge in [0.15, 0.2) is 0 Å². The number of aliphatic imine (C=N–C) groups is 1. The van der Waals surface area contributed by atoms with E-state index in [4.69, 9.17) is 9.73 Å². The summed E-state index contributed by atoms with van der Waals surface area (Å²) in [6.07, 6.45) is 14.3. The summed E-state index contributed by atoms with van der Waals surface area (Å²) in [5.74, 6) is 1.59. The molecule has 6 nitrogen and oxygen atoms in total. The van der Waals surface area contributed by atoms with Crippen LogP contribution in [0.5, 0.6) is 5.88 Å². The van der Waals surface area contributed by atoms with Gasteiger partial charge in [-0.1, -0.05) is 0 Å². The first-order valence-corrected chi connectivity index (χ1v) is 10.4. The third kappa shape index (κ3) is 3.49. The van der Waals surface area contributed by atoms with E-state index >= 15 is 0 Å². The Morgan fingerprint density at radius 3 is 2.79 bits per heavy atom. The number of fused-ring (bicyclic) bond motifs is 1. The van der Waals surface area contributed by atoms with Gasteiger partial charge in [0, 0.05) is 55.4 Å². The van der Waals surface area contributed by atoms with Crippen molar-refractivity contribution in [2.45, 2.75) is 32.2 Å². The van der Waals surface area contributed by atoms with Gasteiger partial charge in [0.2, 0.25) is 5.88 Å². The summed E-state index contributed by atoms with van der Waals surface area (Å²) < 4.78 is 5.19. The molecular weight excluding hydrogens is 362 g/mol. The fourth-order valence-corrected chi connectivity index (χ4v) is 4.16. The van der Waals surface area contributed by atoms with Gasteiger partial charge in [-0.05, 0) is 56.1 Å². The Hall–Kier alpha value is -2.86. The molecule has 0 unspecified atom stereocenters. The fraction of sp³-hybridized carbons (Fsp3) is 0.391. The topological polar surface area (TPSA) is 53.0 Å². The van der Waals surface area contributed by atoms with Crippen LogP contribution in [-0.2, 0) is 0 Å². The molecule has 29 heavy (non-hydrogen) atoms. The lowest BCUT2D eigenvalue weighted by atomic mass is 9.89. The SMILES string of the molecule is COc1ccc(C2=CC(=C3CCC3)N3C=C(N4CCN[C@@H](C)C4)C=CC3=N2)cn1. The Labute approximate surface area is 172 Å². The smallest absolute Gasteiger partial charge is 0.212 e. The van der Waals surface area contributed by atoms with Gasteiger partial charge >= 0.3 is 0 Å². The van der Waals surface area contributed by atoms with E-state index in [-0.39, 0.29) is 0 Å². The van der Waals surface area contributed by atoms with Crippen LogP contribution in [0, 0.1) is 0 Å². The van der Waals surface area contributed by atoms with Crippen molar-refractivity contribution in [2.24, 2.45) is 4.99 Å². The molecule has 1 saturated heterocycles. The van der Waals surface area contributed by atoms with Gasteiger partial charge in [0.25, 0.3) is 0 Å². The van der Waals surface area contributed by atoms with E-state index < -0.39 is 0 Å². The van der Waals surface area contributed by atoms with Crippen LogP contribution < -0.4 is 10.1 Å². The van der Waals surface area contributed by atoms with Crippen molar-refractivity contribution in [1.82, 2.24) is 20.1 Å². The maximum absolute atomic E-state index is 5.19. The van der Waals surface area contributed by atoms with Gasteiger partial charge in [-0.25, -0.2) is 9.98 Å². The highest BCUT2D eigenvalue weighted by atomic mass is 16.5. The molecule has 1 aromatic heterocycles. The Morgan fingerprint density at radius 2 is 2.10 bits per heavy atom. The number of aromatic nitrogens is 1. The van der Waals surface area contributed by atoms with E-state index in [1.165, 1.54) is 36.2 Å². The van der Waals surface area contributed by atoms with Crippen LogP contribution in [0.2, 0.25) is 0 Å². The Kier molecular flexibility index (Phi) is 4.72. The first kappa shape index (κ1) is 18.2. The summed E-state index contributed by atoms with van der Waals surface area (Å²) in [6.45, 7) is 5.33. The number of allylic oxidation sites excluding steroid dienone is 3. The molecule has 5 rings (SSSR count). The molecule has 6 heteroatoms. The summed E-state index contributed by atoms with van der Waals surface area (Å²) in [5.41, 5.74) is 6.01. The van der Waals surface area contributed by atoms with Gasteiger partial charge in [0.1, 0.15) is 5.84 Å². The minimum Gasteiger partial charge on any atom is -0.481 e. The lowest BCUT2D eigenvalue weighted by Gasteiger charge is -2.38. The molecule has 4 heterocycles. The summed E-state index contributed by atoms with van der Waals surface area (Å²) in [6, 6.07) is 4.42. The van der Waals surface area contributed by atoms with Crippen molar-refractivity contribution in [1.29, 1.82) is 0 Å². The molecule has 3 aliphatic heterocycles. The lowest BCUT2D eigenvalue weighted by Crippen LogP contribution is -2.49. The van der Waals surface area contributed by atoms with E-state index in [0.29, 0.717) is 11.9 Å². The van der Waals surface area contributed by atoms with Crippen molar-refractivity contribution in [2.75, 3.05) is 26.7 Å². The average molecular weight is 390 g/mol. The monoisotopic (exact) mass is 389 g/mol. The average Bonchev–Trinajstić information content (AvgIpc) is 2.72. The van der Waals surface area contributed by atoms with Crippen LogP contribution in [0.25, 0.3) is 5.70 Å². The summed E-state index contributed by atoms with van der Waals surface area (Å²) >= 11 is 0. The minimum absolute atomic E-state index is 0.507. The standard InChI is InChI=1S/C23H27N5O/c1-16-14-27(11-10-24-16)19-7-8-22-26-20(18-6-9-23(29-2)25-13-18)12-21(28(22)15-19)17-4-3-5-17/h6-9,12-13,15-16,24H,3-5,10-11,14H2,1-2H3/t16-/m0/s1. The molecule has 2 fully saturated rings. The molecule has 4 aliphatic rings. The first-order valence-electron chi connectivity index (χ1n) is 10.4. The van der Waals surface area contributed by atoms with Crippen molar-refractivity contribution >= 4 is 11.5 Å². The van der Waals surface area contributed by atoms with Crippen molar-refractivity contribution in [3.63, 3.8) is 0 Å². The van der Waals surface area contributed by atoms with Gasteiger partial charge in [-0.3, -0.25) is 4.90 Å². The summed E-state index contributed by atoms with van der Waals surface area (Å²) in [7, 11) is 1.63. The molecule has 0 amide bonds. The van der Waals surface area contributed by atoms with Crippen molar-refractivity contribution < 1.29 is 4.74 Å². The quantitative estimate of drug-likeness (QED) is 0.860. The van der Waals surface area contributed by atoms with Gasteiger partial charge in [0.05, 0.1) is 18.5 Å². The second-order valence-electron chi connectivity index (χ2n) is 7.99. The normalized spacial score (nSPS) is 23.8. The zero-order chi connectivity index (χ0) is 19.8. The van der Waals surface area contributed by atoms with E-state index in [0.717, 1.165) is 36.7 Å². The van der Waals surface area contributed by atoms with E-state index in [2.05, 4.69) is 51.5 Å². The maximum Gasteiger partial charge on any atom is 0.212 e. The number of nitrogens with zero attached hydrogens (tertiary/aromatic N) is 4. The highest BCUT2D eigenvalue weighted by molar-refractivity contribution is 6.02. The number of ether oxygens (including phenoxy) is 1. The van der Waals surface area contributed by atoms with Crippen LogP contribution in [0.1, 0.15) is 31.7 Å². The second kappa shape index (κ2) is 7.52. The highest BCUT2D eigenvalue weighted by Gasteiger charge is 2.27.